The Balaban J connectivity index is 2.02. The number of carbonyl (C=O) groups excluding carboxylic acids is 1. The molecule has 1 atom stereocenters. The SMILES string of the molecule is O=C(O)C1CSCCN1C(=O)C1CCCCC1. The number of carboxylic acid groups (broad SMARTS) is 1. The van der Waals surface area contributed by atoms with Gasteiger partial charge in [0.2, 0.25) is 5.91 Å². The van der Waals surface area contributed by atoms with Crippen molar-refractivity contribution in [1.29, 1.82) is 0 Å². The van der Waals surface area contributed by atoms with Gasteiger partial charge in [-0.05, 0) is 12.8 Å². The van der Waals surface area contributed by atoms with E-state index in [2.05, 4.69) is 0 Å². The van der Waals surface area contributed by atoms with E-state index in [-0.39, 0.29) is 11.8 Å². The highest BCUT2D eigenvalue weighted by Crippen LogP contribution is 2.28. The lowest BCUT2D eigenvalue weighted by molar-refractivity contribution is -0.151. The molecule has 4 nitrogen and oxygen atoms in total. The summed E-state index contributed by atoms with van der Waals surface area (Å²) in [4.78, 5) is 25.1. The molecule has 1 saturated carbocycles. The molecule has 96 valence electrons. The standard InChI is InChI=1S/C12H19NO3S/c14-11(9-4-2-1-3-5-9)13-6-7-17-8-10(13)12(15)16/h9-10H,1-8H2,(H,15,16). The first-order valence-corrected chi connectivity index (χ1v) is 7.46. The van der Waals surface area contributed by atoms with Crippen LogP contribution in [-0.4, -0.2) is 46.0 Å². The molecule has 1 unspecified atom stereocenters. The third-order valence-corrected chi connectivity index (χ3v) is 4.67. The molecule has 0 radical (unpaired) electrons. The summed E-state index contributed by atoms with van der Waals surface area (Å²) in [5.41, 5.74) is 0. The molecule has 5 heteroatoms. The molecule has 2 rings (SSSR count). The summed E-state index contributed by atoms with van der Waals surface area (Å²) in [6.07, 6.45) is 5.30. The molecule has 2 fully saturated rings. The minimum Gasteiger partial charge on any atom is -0.480 e. The van der Waals surface area contributed by atoms with E-state index in [1.54, 1.807) is 16.7 Å². The first kappa shape index (κ1) is 12.7. The van der Waals surface area contributed by atoms with Crippen molar-refractivity contribution in [2.75, 3.05) is 18.1 Å². The Morgan fingerprint density at radius 3 is 2.53 bits per heavy atom. The van der Waals surface area contributed by atoms with Crippen molar-refractivity contribution in [2.24, 2.45) is 5.92 Å². The van der Waals surface area contributed by atoms with Crippen molar-refractivity contribution in [1.82, 2.24) is 4.90 Å². The molecule has 1 heterocycles. The zero-order chi connectivity index (χ0) is 12.3. The lowest BCUT2D eigenvalue weighted by Gasteiger charge is -2.36. The first-order chi connectivity index (χ1) is 8.20. The van der Waals surface area contributed by atoms with Crippen molar-refractivity contribution >= 4 is 23.6 Å². The van der Waals surface area contributed by atoms with Crippen molar-refractivity contribution in [3.8, 4) is 0 Å². The summed E-state index contributed by atoms with van der Waals surface area (Å²) < 4.78 is 0. The van der Waals surface area contributed by atoms with Gasteiger partial charge in [0, 0.05) is 24.0 Å². The molecule has 2 aliphatic rings. The summed E-state index contributed by atoms with van der Waals surface area (Å²) in [5, 5.41) is 9.15. The van der Waals surface area contributed by atoms with Gasteiger partial charge in [0.1, 0.15) is 6.04 Å². The van der Waals surface area contributed by atoms with Crippen molar-refractivity contribution in [3.05, 3.63) is 0 Å². The number of carbonyl (C=O) groups is 2. The van der Waals surface area contributed by atoms with E-state index in [1.807, 2.05) is 0 Å². The summed E-state index contributed by atoms with van der Waals surface area (Å²) in [6.45, 7) is 0.594. The summed E-state index contributed by atoms with van der Waals surface area (Å²) >= 11 is 1.62. The molecule has 0 aromatic carbocycles. The highest BCUT2D eigenvalue weighted by Gasteiger charge is 2.35. The zero-order valence-corrected chi connectivity index (χ0v) is 10.7. The van der Waals surface area contributed by atoms with Gasteiger partial charge in [0.25, 0.3) is 0 Å². The minimum absolute atomic E-state index is 0.0775. The zero-order valence-electron chi connectivity index (χ0n) is 9.93. The fourth-order valence-corrected chi connectivity index (χ4v) is 3.69. The summed E-state index contributed by atoms with van der Waals surface area (Å²) in [6, 6.07) is -0.608. The summed E-state index contributed by atoms with van der Waals surface area (Å²) in [5.74, 6) is 0.697. The second kappa shape index (κ2) is 5.76. The van der Waals surface area contributed by atoms with Gasteiger partial charge in [-0.25, -0.2) is 4.79 Å². The van der Waals surface area contributed by atoms with Crippen LogP contribution in [0.2, 0.25) is 0 Å². The van der Waals surface area contributed by atoms with E-state index in [4.69, 9.17) is 5.11 Å². The minimum atomic E-state index is -0.860. The lowest BCUT2D eigenvalue weighted by atomic mass is 9.88. The van der Waals surface area contributed by atoms with E-state index in [9.17, 15) is 9.59 Å². The maximum atomic E-state index is 12.3. The Hall–Kier alpha value is -0.710. The predicted molar refractivity (Wildman–Crippen MR) is 67.0 cm³/mol. The normalized spacial score (nSPS) is 26.8. The van der Waals surface area contributed by atoms with Gasteiger partial charge in [0.15, 0.2) is 0 Å². The van der Waals surface area contributed by atoms with Crippen LogP contribution in [0.3, 0.4) is 0 Å². The number of hydrogen-bond donors (Lipinski definition) is 1. The largest absolute Gasteiger partial charge is 0.480 e. The molecular weight excluding hydrogens is 238 g/mol. The second-order valence-electron chi connectivity index (χ2n) is 4.80. The number of hydrogen-bond acceptors (Lipinski definition) is 3. The van der Waals surface area contributed by atoms with Crippen molar-refractivity contribution < 1.29 is 14.7 Å². The first-order valence-electron chi connectivity index (χ1n) is 6.31. The van der Waals surface area contributed by atoms with Crippen LogP contribution < -0.4 is 0 Å². The number of carboxylic acids is 1. The van der Waals surface area contributed by atoms with Crippen LogP contribution in [0.25, 0.3) is 0 Å². The smallest absolute Gasteiger partial charge is 0.327 e. The molecule has 0 aromatic heterocycles. The van der Waals surface area contributed by atoms with Crippen molar-refractivity contribution in [2.45, 2.75) is 38.1 Å². The molecule has 1 saturated heterocycles. The molecule has 0 bridgehead atoms. The van der Waals surface area contributed by atoms with Gasteiger partial charge in [-0.1, -0.05) is 19.3 Å². The lowest BCUT2D eigenvalue weighted by Crippen LogP contribution is -2.52. The Morgan fingerprint density at radius 2 is 1.88 bits per heavy atom. The number of nitrogens with zero attached hydrogens (tertiary/aromatic N) is 1. The highest BCUT2D eigenvalue weighted by molar-refractivity contribution is 7.99. The van der Waals surface area contributed by atoms with Crippen molar-refractivity contribution in [3.63, 3.8) is 0 Å². The number of thioether (sulfide) groups is 1. The fourth-order valence-electron chi connectivity index (χ4n) is 2.66. The van der Waals surface area contributed by atoms with Crippen LogP contribution in [-0.2, 0) is 9.59 Å². The van der Waals surface area contributed by atoms with Crippen LogP contribution in [0.5, 0.6) is 0 Å². The van der Waals surface area contributed by atoms with E-state index >= 15 is 0 Å². The van der Waals surface area contributed by atoms with Crippen LogP contribution in [0, 0.1) is 5.92 Å². The van der Waals surface area contributed by atoms with Gasteiger partial charge >= 0.3 is 5.97 Å². The molecule has 1 N–H and O–H groups in total. The monoisotopic (exact) mass is 257 g/mol. The van der Waals surface area contributed by atoms with E-state index in [1.165, 1.54) is 6.42 Å². The Morgan fingerprint density at radius 1 is 1.18 bits per heavy atom. The quantitative estimate of drug-likeness (QED) is 0.816. The van der Waals surface area contributed by atoms with Gasteiger partial charge in [-0.2, -0.15) is 11.8 Å². The highest BCUT2D eigenvalue weighted by atomic mass is 32.2. The predicted octanol–water partition coefficient (Wildman–Crippen LogP) is 1.60. The topological polar surface area (TPSA) is 57.6 Å². The van der Waals surface area contributed by atoms with Crippen LogP contribution in [0.4, 0.5) is 0 Å². The second-order valence-corrected chi connectivity index (χ2v) is 5.95. The van der Waals surface area contributed by atoms with E-state index in [0.717, 1.165) is 31.4 Å². The Kier molecular flexibility index (Phi) is 4.31. The molecule has 0 aromatic rings. The van der Waals surface area contributed by atoms with E-state index in [0.29, 0.717) is 12.3 Å². The van der Waals surface area contributed by atoms with Crippen LogP contribution in [0.1, 0.15) is 32.1 Å². The van der Waals surface area contributed by atoms with Gasteiger partial charge in [0.05, 0.1) is 0 Å². The number of amides is 1. The maximum absolute atomic E-state index is 12.3. The third-order valence-electron chi connectivity index (χ3n) is 3.65. The van der Waals surface area contributed by atoms with Gasteiger partial charge in [-0.15, -0.1) is 0 Å². The van der Waals surface area contributed by atoms with Gasteiger partial charge < -0.3 is 10.0 Å². The molecule has 0 spiro atoms. The average molecular weight is 257 g/mol. The van der Waals surface area contributed by atoms with Gasteiger partial charge in [-0.3, -0.25) is 4.79 Å². The fraction of sp³-hybridized carbons (Fsp3) is 0.833. The Bertz CT molecular complexity index is 302. The molecule has 1 amide bonds. The third kappa shape index (κ3) is 2.94. The Labute approximate surface area is 106 Å². The maximum Gasteiger partial charge on any atom is 0.327 e. The summed E-state index contributed by atoms with van der Waals surface area (Å²) in [7, 11) is 0. The number of aliphatic carboxylic acids is 1. The number of rotatable bonds is 2. The van der Waals surface area contributed by atoms with Crippen LogP contribution >= 0.6 is 11.8 Å². The molecule has 1 aliphatic heterocycles. The van der Waals surface area contributed by atoms with Crippen LogP contribution in [0.15, 0.2) is 0 Å². The van der Waals surface area contributed by atoms with E-state index < -0.39 is 12.0 Å². The molecular formula is C12H19NO3S. The molecule has 17 heavy (non-hydrogen) atoms. The molecule has 1 aliphatic carbocycles. The average Bonchev–Trinajstić information content (AvgIpc) is 2.39.